The molecule has 1 saturated heterocycles. The maximum absolute atomic E-state index is 14.4. The number of nitrogens with zero attached hydrogens (tertiary/aromatic N) is 3. The molecule has 2 N–H and O–H groups in total. The van der Waals surface area contributed by atoms with E-state index in [9.17, 15) is 4.39 Å². The third-order valence-electron chi connectivity index (χ3n) is 5.63. The summed E-state index contributed by atoms with van der Waals surface area (Å²) in [5, 5.41) is 7.28. The molecule has 0 bridgehead atoms. The first-order chi connectivity index (χ1) is 16.2. The van der Waals surface area contributed by atoms with Crippen molar-refractivity contribution >= 4 is 22.4 Å². The molecular formula is C26H22FN5O. The van der Waals surface area contributed by atoms with Gasteiger partial charge in [0.2, 0.25) is 5.82 Å². The lowest BCUT2D eigenvalue weighted by Crippen LogP contribution is -2.10. The molecule has 0 amide bonds. The number of anilines is 2. The lowest BCUT2D eigenvalue weighted by Gasteiger charge is -2.11. The van der Waals surface area contributed by atoms with Gasteiger partial charge in [0, 0.05) is 29.4 Å². The summed E-state index contributed by atoms with van der Waals surface area (Å²) in [5.74, 6) is 4.34. The molecule has 7 heteroatoms. The van der Waals surface area contributed by atoms with Crippen molar-refractivity contribution < 1.29 is 9.13 Å². The van der Waals surface area contributed by atoms with Gasteiger partial charge in [0.15, 0.2) is 11.6 Å². The van der Waals surface area contributed by atoms with Crippen LogP contribution in [0.5, 0.6) is 11.5 Å². The second kappa shape index (κ2) is 9.23. The van der Waals surface area contributed by atoms with E-state index in [1.54, 1.807) is 24.4 Å². The number of aromatic nitrogens is 3. The number of rotatable bonds is 4. The van der Waals surface area contributed by atoms with E-state index in [-0.39, 0.29) is 11.6 Å². The van der Waals surface area contributed by atoms with Crippen molar-refractivity contribution in [1.29, 1.82) is 0 Å². The molecule has 6 rings (SSSR count). The Morgan fingerprint density at radius 2 is 2.03 bits per heavy atom. The fraction of sp³-hybridized carbons (Fsp3) is 0.192. The minimum atomic E-state index is -0.514. The van der Waals surface area contributed by atoms with Gasteiger partial charge in [-0.15, -0.1) is 6.42 Å². The number of para-hydroxylation sites is 1. The second-order valence-electron chi connectivity index (χ2n) is 7.96. The quantitative estimate of drug-likeness (QED) is 0.434. The fourth-order valence-corrected chi connectivity index (χ4v) is 3.84. The SMILES string of the molecule is C#Cc1nc(Nc2ccc(Oc3cccnc3)c(F)c2)c2ccccc2n1.C1CC2CC2N1. The second-order valence-corrected chi connectivity index (χ2v) is 7.96. The number of pyridine rings is 1. The summed E-state index contributed by atoms with van der Waals surface area (Å²) in [4.78, 5) is 12.5. The number of hydrogen-bond donors (Lipinski definition) is 2. The standard InChI is InChI=1S/C21H13FN4O.C5H9N/c1-2-20-25-18-8-4-3-7-16(18)21(26-20)24-14-9-10-19(17(22)12-14)27-15-6-5-11-23-13-15;1-2-6-5-3-4(1)5/h1,3-13H,(H,24,25,26);4-6H,1-3H2. The van der Waals surface area contributed by atoms with Crippen LogP contribution in [0.1, 0.15) is 18.7 Å². The van der Waals surface area contributed by atoms with E-state index in [4.69, 9.17) is 11.2 Å². The number of halogens is 1. The van der Waals surface area contributed by atoms with Gasteiger partial charge in [-0.05, 0) is 67.6 Å². The van der Waals surface area contributed by atoms with Crippen LogP contribution >= 0.6 is 0 Å². The number of fused-ring (bicyclic) bond motifs is 2. The van der Waals surface area contributed by atoms with Crippen LogP contribution in [-0.4, -0.2) is 27.5 Å². The Kier molecular flexibility index (Phi) is 5.83. The largest absolute Gasteiger partial charge is 0.453 e. The van der Waals surface area contributed by atoms with Crippen LogP contribution in [0.15, 0.2) is 67.0 Å². The third-order valence-corrected chi connectivity index (χ3v) is 5.63. The van der Waals surface area contributed by atoms with Crippen molar-refractivity contribution in [3.63, 3.8) is 0 Å². The van der Waals surface area contributed by atoms with Gasteiger partial charge in [-0.3, -0.25) is 4.98 Å². The van der Waals surface area contributed by atoms with Crippen molar-refractivity contribution in [3.8, 4) is 23.8 Å². The predicted molar refractivity (Wildman–Crippen MR) is 126 cm³/mol. The van der Waals surface area contributed by atoms with Crippen molar-refractivity contribution in [3.05, 3.63) is 78.6 Å². The molecule has 4 aromatic rings. The Hall–Kier alpha value is -4.02. The molecule has 1 saturated carbocycles. The molecule has 0 spiro atoms. The average Bonchev–Trinajstić information content (AvgIpc) is 3.45. The van der Waals surface area contributed by atoms with E-state index in [0.29, 0.717) is 22.8 Å². The van der Waals surface area contributed by atoms with Gasteiger partial charge >= 0.3 is 0 Å². The van der Waals surface area contributed by atoms with Gasteiger partial charge in [0.25, 0.3) is 0 Å². The van der Waals surface area contributed by atoms with E-state index >= 15 is 0 Å². The molecule has 3 heterocycles. The highest BCUT2D eigenvalue weighted by molar-refractivity contribution is 5.91. The van der Waals surface area contributed by atoms with Crippen molar-refractivity contribution in [2.45, 2.75) is 18.9 Å². The van der Waals surface area contributed by atoms with Crippen LogP contribution in [0.3, 0.4) is 0 Å². The first-order valence-corrected chi connectivity index (χ1v) is 10.8. The summed E-state index contributed by atoms with van der Waals surface area (Å²) >= 11 is 0. The highest BCUT2D eigenvalue weighted by Crippen LogP contribution is 2.37. The van der Waals surface area contributed by atoms with Crippen molar-refractivity contribution in [2.75, 3.05) is 11.9 Å². The zero-order valence-electron chi connectivity index (χ0n) is 17.8. The molecule has 6 nitrogen and oxygen atoms in total. The number of benzene rings is 2. The molecular weight excluding hydrogens is 417 g/mol. The van der Waals surface area contributed by atoms with Crippen molar-refractivity contribution in [1.82, 2.24) is 20.3 Å². The summed E-state index contributed by atoms with van der Waals surface area (Å²) < 4.78 is 20.0. The molecule has 0 radical (unpaired) electrons. The molecule has 2 atom stereocenters. The van der Waals surface area contributed by atoms with Gasteiger partial charge in [-0.2, -0.15) is 0 Å². The fourth-order valence-electron chi connectivity index (χ4n) is 3.84. The first-order valence-electron chi connectivity index (χ1n) is 10.8. The van der Waals surface area contributed by atoms with Crippen LogP contribution in [0.2, 0.25) is 0 Å². The Balaban J connectivity index is 0.000000324. The summed E-state index contributed by atoms with van der Waals surface area (Å²) in [7, 11) is 0. The molecule has 2 unspecified atom stereocenters. The minimum Gasteiger partial charge on any atom is -0.453 e. The smallest absolute Gasteiger partial charge is 0.207 e. The van der Waals surface area contributed by atoms with E-state index < -0.39 is 5.82 Å². The van der Waals surface area contributed by atoms with Gasteiger partial charge in [0.05, 0.1) is 11.7 Å². The van der Waals surface area contributed by atoms with Gasteiger partial charge in [0.1, 0.15) is 11.6 Å². The summed E-state index contributed by atoms with van der Waals surface area (Å²) in [6, 6.07) is 16.4. The Morgan fingerprint density at radius 1 is 1.12 bits per heavy atom. The first kappa shape index (κ1) is 20.9. The lowest BCUT2D eigenvalue weighted by molar-refractivity contribution is 0.441. The van der Waals surface area contributed by atoms with Crippen LogP contribution in [0.25, 0.3) is 10.9 Å². The number of terminal acetylenes is 1. The number of ether oxygens (including phenoxy) is 1. The molecule has 2 fully saturated rings. The monoisotopic (exact) mass is 439 g/mol. The van der Waals surface area contributed by atoms with E-state index in [1.165, 1.54) is 37.7 Å². The van der Waals surface area contributed by atoms with Gasteiger partial charge in [-0.1, -0.05) is 12.1 Å². The van der Waals surface area contributed by atoms with E-state index in [0.717, 1.165) is 17.3 Å². The highest BCUT2D eigenvalue weighted by atomic mass is 19.1. The molecule has 2 aliphatic rings. The van der Waals surface area contributed by atoms with E-state index in [2.05, 4.69) is 31.5 Å². The van der Waals surface area contributed by atoms with Crippen molar-refractivity contribution in [2.24, 2.45) is 5.92 Å². The normalized spacial score (nSPS) is 17.9. The number of hydrogen-bond acceptors (Lipinski definition) is 6. The predicted octanol–water partition coefficient (Wildman–Crippen LogP) is 5.05. The zero-order valence-corrected chi connectivity index (χ0v) is 17.8. The average molecular weight is 439 g/mol. The maximum atomic E-state index is 14.4. The van der Waals surface area contributed by atoms with E-state index in [1.807, 2.05) is 24.3 Å². The highest BCUT2D eigenvalue weighted by Gasteiger charge is 2.40. The summed E-state index contributed by atoms with van der Waals surface area (Å²) in [6.07, 6.45) is 11.5. The van der Waals surface area contributed by atoms with Crippen LogP contribution in [0, 0.1) is 24.1 Å². The topological polar surface area (TPSA) is 72.0 Å². The molecule has 1 aliphatic carbocycles. The van der Waals surface area contributed by atoms with Crippen LogP contribution in [0.4, 0.5) is 15.9 Å². The number of nitrogens with one attached hydrogen (secondary N) is 2. The number of piperidine rings is 1. The molecule has 2 aromatic carbocycles. The molecule has 33 heavy (non-hydrogen) atoms. The maximum Gasteiger partial charge on any atom is 0.207 e. The Labute approximate surface area is 191 Å². The van der Waals surface area contributed by atoms with Crippen LogP contribution < -0.4 is 15.4 Å². The summed E-state index contributed by atoms with van der Waals surface area (Å²) in [5.41, 5.74) is 1.22. The van der Waals surface area contributed by atoms with Gasteiger partial charge in [-0.25, -0.2) is 14.4 Å². The molecule has 1 aliphatic heterocycles. The third kappa shape index (κ3) is 4.92. The van der Waals surface area contributed by atoms with Crippen LogP contribution in [-0.2, 0) is 0 Å². The Bertz CT molecular complexity index is 1310. The zero-order chi connectivity index (χ0) is 22.6. The van der Waals surface area contributed by atoms with Gasteiger partial charge < -0.3 is 15.4 Å². The molecule has 164 valence electrons. The Morgan fingerprint density at radius 3 is 2.70 bits per heavy atom. The lowest BCUT2D eigenvalue weighted by atomic mass is 10.2. The molecule has 2 aromatic heterocycles. The minimum absolute atomic E-state index is 0.102. The summed E-state index contributed by atoms with van der Waals surface area (Å²) in [6.45, 7) is 1.29.